The fraction of sp³-hybridized carbons (Fsp3) is 0.318. The number of halogens is 1. The van der Waals surface area contributed by atoms with Gasteiger partial charge < -0.3 is 25.1 Å². The number of ether oxygens (including phenoxy) is 2. The van der Waals surface area contributed by atoms with E-state index in [-0.39, 0.29) is 30.1 Å². The molecule has 1 aliphatic rings. The third kappa shape index (κ3) is 4.95. The predicted molar refractivity (Wildman–Crippen MR) is 128 cm³/mol. The number of nitrogens with zero attached hydrogens (tertiary/aromatic N) is 1. The van der Waals surface area contributed by atoms with Crippen LogP contribution in [-0.2, 0) is 6.42 Å². The van der Waals surface area contributed by atoms with Crippen LogP contribution in [0.4, 0.5) is 0 Å². The van der Waals surface area contributed by atoms with Crippen LogP contribution in [0.5, 0.6) is 11.5 Å². The molecule has 0 amide bonds. The average molecular weight is 506 g/mol. The zero-order chi connectivity index (χ0) is 19.3. The van der Waals surface area contributed by atoms with E-state index in [4.69, 9.17) is 9.47 Å². The molecule has 0 aliphatic carbocycles. The first-order valence-electron chi connectivity index (χ1n) is 9.64. The quantitative estimate of drug-likeness (QED) is 0.281. The number of fused-ring (bicyclic) bond motifs is 2. The number of rotatable bonds is 5. The van der Waals surface area contributed by atoms with Crippen molar-refractivity contribution in [1.82, 2.24) is 15.6 Å². The molecule has 0 radical (unpaired) electrons. The van der Waals surface area contributed by atoms with Gasteiger partial charge in [-0.15, -0.1) is 24.0 Å². The van der Waals surface area contributed by atoms with Gasteiger partial charge in [0.1, 0.15) is 12.7 Å². The largest absolute Gasteiger partial charge is 0.486 e. The van der Waals surface area contributed by atoms with E-state index in [9.17, 15) is 0 Å². The molecule has 154 valence electrons. The Balaban J connectivity index is 0.00000240. The summed E-state index contributed by atoms with van der Waals surface area (Å²) in [4.78, 5) is 7.76. The molecule has 1 aromatic heterocycles. The summed E-state index contributed by atoms with van der Waals surface area (Å²) in [7, 11) is 1.78. The molecule has 7 heteroatoms. The minimum atomic E-state index is -0.0516. The molecule has 0 bridgehead atoms. The van der Waals surface area contributed by atoms with Crippen LogP contribution in [0.1, 0.15) is 11.3 Å². The topological polar surface area (TPSA) is 70.7 Å². The predicted octanol–water partition coefficient (Wildman–Crippen LogP) is 3.64. The zero-order valence-corrected chi connectivity index (χ0v) is 19.0. The van der Waals surface area contributed by atoms with Crippen molar-refractivity contribution in [3.05, 3.63) is 59.8 Å². The third-order valence-electron chi connectivity index (χ3n) is 4.98. The van der Waals surface area contributed by atoms with Gasteiger partial charge >= 0.3 is 0 Å². The van der Waals surface area contributed by atoms with Crippen LogP contribution in [0.15, 0.2) is 53.5 Å². The Hall–Kier alpha value is -2.42. The molecule has 1 aliphatic heterocycles. The standard InChI is InChI=1S/C22H26N4O2.HI/c1-15-17(18-7-3-4-8-19(18)26-15)11-12-24-22(23-2)25-13-16-14-27-20-9-5-6-10-21(20)28-16;/h3-10,16,26H,11-14H2,1-2H3,(H2,23,24,25);1H. The summed E-state index contributed by atoms with van der Waals surface area (Å²) in [5.41, 5.74) is 3.75. The van der Waals surface area contributed by atoms with Gasteiger partial charge in [-0.1, -0.05) is 30.3 Å². The summed E-state index contributed by atoms with van der Waals surface area (Å²) in [5.74, 6) is 2.36. The molecule has 1 atom stereocenters. The summed E-state index contributed by atoms with van der Waals surface area (Å²) in [6.07, 6.45) is 0.872. The fourth-order valence-electron chi connectivity index (χ4n) is 3.56. The SMILES string of the molecule is CN=C(NCCc1c(C)[nH]c2ccccc12)NCC1COc2ccccc2O1.I. The lowest BCUT2D eigenvalue weighted by Gasteiger charge is -2.27. The van der Waals surface area contributed by atoms with E-state index in [0.717, 1.165) is 30.4 Å². The van der Waals surface area contributed by atoms with E-state index in [2.05, 4.69) is 51.8 Å². The number of aromatic amines is 1. The first-order chi connectivity index (χ1) is 13.7. The summed E-state index contributed by atoms with van der Waals surface area (Å²) in [6.45, 7) is 4.07. The highest BCUT2D eigenvalue weighted by Gasteiger charge is 2.20. The van der Waals surface area contributed by atoms with Gasteiger partial charge in [0.2, 0.25) is 0 Å². The highest BCUT2D eigenvalue weighted by Crippen LogP contribution is 2.30. The number of aryl methyl sites for hydroxylation is 1. The Morgan fingerprint density at radius 1 is 1.10 bits per heavy atom. The molecule has 0 saturated carbocycles. The number of hydrogen-bond acceptors (Lipinski definition) is 3. The Labute approximate surface area is 188 Å². The van der Waals surface area contributed by atoms with Crippen LogP contribution in [0.2, 0.25) is 0 Å². The van der Waals surface area contributed by atoms with Gasteiger partial charge in [-0.2, -0.15) is 0 Å². The van der Waals surface area contributed by atoms with Crippen molar-refractivity contribution in [2.24, 2.45) is 4.99 Å². The van der Waals surface area contributed by atoms with Crippen LogP contribution in [0, 0.1) is 6.92 Å². The smallest absolute Gasteiger partial charge is 0.191 e. The van der Waals surface area contributed by atoms with Crippen molar-refractivity contribution in [3.8, 4) is 11.5 Å². The molecule has 4 rings (SSSR count). The second-order valence-electron chi connectivity index (χ2n) is 6.90. The van der Waals surface area contributed by atoms with E-state index in [1.54, 1.807) is 7.05 Å². The Kier molecular flexibility index (Phi) is 7.24. The molecule has 3 aromatic rings. The molecule has 29 heavy (non-hydrogen) atoms. The van der Waals surface area contributed by atoms with Crippen molar-refractivity contribution in [1.29, 1.82) is 0 Å². The van der Waals surface area contributed by atoms with Crippen LogP contribution in [0.25, 0.3) is 10.9 Å². The van der Waals surface area contributed by atoms with Crippen LogP contribution >= 0.6 is 24.0 Å². The monoisotopic (exact) mass is 506 g/mol. The van der Waals surface area contributed by atoms with Crippen molar-refractivity contribution >= 4 is 40.8 Å². The molecule has 3 N–H and O–H groups in total. The second kappa shape index (κ2) is 9.87. The summed E-state index contributed by atoms with van der Waals surface area (Å²) < 4.78 is 11.7. The van der Waals surface area contributed by atoms with Crippen LogP contribution < -0.4 is 20.1 Å². The minimum Gasteiger partial charge on any atom is -0.486 e. The van der Waals surface area contributed by atoms with E-state index < -0.39 is 0 Å². The van der Waals surface area contributed by atoms with Gasteiger partial charge in [0, 0.05) is 30.2 Å². The maximum atomic E-state index is 5.98. The maximum Gasteiger partial charge on any atom is 0.191 e. The van der Waals surface area contributed by atoms with Crippen LogP contribution in [0.3, 0.4) is 0 Å². The van der Waals surface area contributed by atoms with E-state index in [1.807, 2.05) is 24.3 Å². The normalized spacial score (nSPS) is 15.7. The van der Waals surface area contributed by atoms with Gasteiger partial charge in [0.15, 0.2) is 17.5 Å². The first-order valence-corrected chi connectivity index (χ1v) is 9.64. The molecule has 1 unspecified atom stereocenters. The van der Waals surface area contributed by atoms with Gasteiger partial charge in [-0.25, -0.2) is 0 Å². The zero-order valence-electron chi connectivity index (χ0n) is 16.7. The summed E-state index contributed by atoms with van der Waals surface area (Å²) >= 11 is 0. The van der Waals surface area contributed by atoms with Crippen molar-refractivity contribution in [2.75, 3.05) is 26.7 Å². The maximum absolute atomic E-state index is 5.98. The summed E-state index contributed by atoms with van der Waals surface area (Å²) in [5, 5.41) is 8.00. The number of benzene rings is 2. The molecule has 2 aromatic carbocycles. The van der Waals surface area contributed by atoms with Crippen LogP contribution in [-0.4, -0.2) is 43.8 Å². The third-order valence-corrected chi connectivity index (χ3v) is 4.98. The highest BCUT2D eigenvalue weighted by molar-refractivity contribution is 14.0. The lowest BCUT2D eigenvalue weighted by molar-refractivity contribution is 0.0936. The number of guanidine groups is 1. The molecule has 2 heterocycles. The molecule has 0 spiro atoms. The number of nitrogens with one attached hydrogen (secondary N) is 3. The van der Waals surface area contributed by atoms with Gasteiger partial charge in [-0.05, 0) is 37.1 Å². The number of para-hydroxylation sites is 3. The van der Waals surface area contributed by atoms with Gasteiger partial charge in [0.05, 0.1) is 6.54 Å². The second-order valence-corrected chi connectivity index (χ2v) is 6.90. The van der Waals surface area contributed by atoms with Gasteiger partial charge in [-0.3, -0.25) is 4.99 Å². The van der Waals surface area contributed by atoms with E-state index >= 15 is 0 Å². The fourth-order valence-corrected chi connectivity index (χ4v) is 3.56. The van der Waals surface area contributed by atoms with E-state index in [1.165, 1.54) is 22.2 Å². The Morgan fingerprint density at radius 3 is 2.69 bits per heavy atom. The average Bonchev–Trinajstić information content (AvgIpc) is 3.05. The van der Waals surface area contributed by atoms with Gasteiger partial charge in [0.25, 0.3) is 0 Å². The van der Waals surface area contributed by atoms with E-state index in [0.29, 0.717) is 13.2 Å². The van der Waals surface area contributed by atoms with Crippen molar-refractivity contribution in [2.45, 2.75) is 19.4 Å². The number of aromatic nitrogens is 1. The highest BCUT2D eigenvalue weighted by atomic mass is 127. The van der Waals surface area contributed by atoms with Crippen molar-refractivity contribution in [3.63, 3.8) is 0 Å². The molecular formula is C22H27IN4O2. The minimum absolute atomic E-state index is 0. The molecule has 6 nitrogen and oxygen atoms in total. The summed E-state index contributed by atoms with van der Waals surface area (Å²) in [6, 6.07) is 16.2. The lowest BCUT2D eigenvalue weighted by Crippen LogP contribution is -2.45. The first kappa shape index (κ1) is 21.3. The Morgan fingerprint density at radius 2 is 1.86 bits per heavy atom. The number of hydrogen-bond donors (Lipinski definition) is 3. The molecule has 0 saturated heterocycles. The Bertz CT molecular complexity index is 986. The number of H-pyrrole nitrogens is 1. The number of aliphatic imine (C=N–C) groups is 1. The molecule has 0 fully saturated rings. The van der Waals surface area contributed by atoms with Crippen molar-refractivity contribution < 1.29 is 9.47 Å². The lowest BCUT2D eigenvalue weighted by atomic mass is 10.1. The molecular weight excluding hydrogens is 479 g/mol.